The minimum atomic E-state index is 0. The SMILES string of the molecule is OCCS.[SH-]. The molecule has 0 aromatic heterocycles. The first-order chi connectivity index (χ1) is 1.91. The molecule has 0 radical (unpaired) electrons. The summed E-state index contributed by atoms with van der Waals surface area (Å²) in [5, 5.41) is 7.80. The van der Waals surface area contributed by atoms with Crippen LogP contribution < -0.4 is 0 Å². The Morgan fingerprint density at radius 3 is 1.80 bits per heavy atom. The fourth-order valence-electron chi connectivity index (χ4n) is 0. The van der Waals surface area contributed by atoms with Crippen molar-refractivity contribution in [2.45, 2.75) is 0 Å². The van der Waals surface area contributed by atoms with Crippen LogP contribution in [0.4, 0.5) is 0 Å². The monoisotopic (exact) mass is 111 g/mol. The minimum Gasteiger partial charge on any atom is -0.813 e. The predicted molar refractivity (Wildman–Crippen MR) is 29.7 cm³/mol. The molecule has 0 atom stereocenters. The molecule has 0 aliphatic rings. The van der Waals surface area contributed by atoms with Crippen molar-refractivity contribution in [2.75, 3.05) is 12.4 Å². The van der Waals surface area contributed by atoms with Gasteiger partial charge in [-0.05, 0) is 0 Å². The van der Waals surface area contributed by atoms with E-state index in [2.05, 4.69) is 12.6 Å². The molecule has 0 aliphatic heterocycles. The Morgan fingerprint density at radius 1 is 1.60 bits per heavy atom. The molecule has 5 heavy (non-hydrogen) atoms. The maximum atomic E-state index is 7.80. The van der Waals surface area contributed by atoms with Gasteiger partial charge < -0.3 is 18.6 Å². The number of hydrogen-bond donors (Lipinski definition) is 2. The van der Waals surface area contributed by atoms with Crippen molar-refractivity contribution < 1.29 is 5.11 Å². The normalized spacial score (nSPS) is 6.00. The van der Waals surface area contributed by atoms with E-state index in [1.165, 1.54) is 0 Å². The highest BCUT2D eigenvalue weighted by atomic mass is 32.1. The first-order valence-electron chi connectivity index (χ1n) is 1.13. The number of thiol groups is 2. The second kappa shape index (κ2) is 8.82. The highest BCUT2D eigenvalue weighted by Crippen LogP contribution is 1.61. The highest BCUT2D eigenvalue weighted by Gasteiger charge is 1.57. The van der Waals surface area contributed by atoms with E-state index in [1.807, 2.05) is 0 Å². The van der Waals surface area contributed by atoms with E-state index in [4.69, 9.17) is 5.11 Å². The highest BCUT2D eigenvalue weighted by molar-refractivity contribution is 7.80. The summed E-state index contributed by atoms with van der Waals surface area (Å²) in [5.74, 6) is 0.569. The number of rotatable bonds is 1. The molecule has 0 aliphatic carbocycles. The van der Waals surface area contributed by atoms with E-state index in [-0.39, 0.29) is 20.1 Å². The van der Waals surface area contributed by atoms with Gasteiger partial charge >= 0.3 is 0 Å². The van der Waals surface area contributed by atoms with Crippen LogP contribution in [-0.4, -0.2) is 17.5 Å². The third kappa shape index (κ3) is 12.0. The maximum Gasteiger partial charge on any atom is 0.0519 e. The molecule has 0 spiro atoms. The molecule has 0 unspecified atom stereocenters. The van der Waals surface area contributed by atoms with Crippen LogP contribution in [0.2, 0.25) is 0 Å². The zero-order valence-electron chi connectivity index (χ0n) is 2.76. The summed E-state index contributed by atoms with van der Waals surface area (Å²) >= 11 is 3.67. The summed E-state index contributed by atoms with van der Waals surface area (Å²) in [6.45, 7) is 0.184. The van der Waals surface area contributed by atoms with Crippen LogP contribution in [0.25, 0.3) is 0 Å². The molecule has 0 heterocycles. The molecule has 3 heteroatoms. The van der Waals surface area contributed by atoms with Gasteiger partial charge in [-0.15, -0.1) is 0 Å². The quantitative estimate of drug-likeness (QED) is 0.356. The Hall–Kier alpha value is 0.660. The summed E-state index contributed by atoms with van der Waals surface area (Å²) in [7, 11) is 0. The molecule has 0 aromatic carbocycles. The van der Waals surface area contributed by atoms with Gasteiger partial charge in [-0.1, -0.05) is 0 Å². The lowest BCUT2D eigenvalue weighted by atomic mass is 10.9. The summed E-state index contributed by atoms with van der Waals surface area (Å²) in [4.78, 5) is 0. The lowest BCUT2D eigenvalue weighted by Crippen LogP contribution is -1.76. The van der Waals surface area contributed by atoms with Gasteiger partial charge in [0.2, 0.25) is 0 Å². The minimum absolute atomic E-state index is 0. The van der Waals surface area contributed by atoms with Gasteiger partial charge in [0, 0.05) is 5.75 Å². The summed E-state index contributed by atoms with van der Waals surface area (Å²) in [5.41, 5.74) is 0. The van der Waals surface area contributed by atoms with E-state index in [0.29, 0.717) is 5.75 Å². The molecule has 0 bridgehead atoms. The van der Waals surface area contributed by atoms with Crippen LogP contribution in [0, 0.1) is 0 Å². The Kier molecular flexibility index (Phi) is 16.2. The van der Waals surface area contributed by atoms with E-state index >= 15 is 0 Å². The zero-order valence-corrected chi connectivity index (χ0v) is 4.54. The zero-order chi connectivity index (χ0) is 3.41. The van der Waals surface area contributed by atoms with Crippen LogP contribution in [-0.2, 0) is 13.5 Å². The van der Waals surface area contributed by atoms with E-state index < -0.39 is 0 Å². The lowest BCUT2D eigenvalue weighted by molar-refractivity contribution is 0.323. The topological polar surface area (TPSA) is 20.2 Å². The molecule has 34 valence electrons. The van der Waals surface area contributed by atoms with Crippen molar-refractivity contribution in [1.29, 1.82) is 0 Å². The second-order valence-corrected chi connectivity index (χ2v) is 0.894. The molecule has 0 rings (SSSR count). The summed E-state index contributed by atoms with van der Waals surface area (Å²) in [6, 6.07) is 0. The van der Waals surface area contributed by atoms with Gasteiger partial charge in [-0.3, -0.25) is 0 Å². The predicted octanol–water partition coefficient (Wildman–Crippen LogP) is -0.362. The molecule has 0 aromatic rings. The van der Waals surface area contributed by atoms with E-state index in [9.17, 15) is 0 Å². The molecule has 0 amide bonds. The third-order valence-electron chi connectivity index (χ3n) is 0.1000. The molecule has 0 saturated carbocycles. The molecule has 1 N–H and O–H groups in total. The van der Waals surface area contributed by atoms with Crippen LogP contribution >= 0.6 is 12.6 Å². The molecule has 0 saturated heterocycles. The van der Waals surface area contributed by atoms with Gasteiger partial charge in [0.1, 0.15) is 0 Å². The fourth-order valence-corrected chi connectivity index (χ4v) is 0. The molecule has 0 fully saturated rings. The van der Waals surface area contributed by atoms with Gasteiger partial charge in [-0.2, -0.15) is 12.6 Å². The summed E-state index contributed by atoms with van der Waals surface area (Å²) < 4.78 is 0. The fraction of sp³-hybridized carbons (Fsp3) is 1.00. The molecule has 1 nitrogen and oxygen atoms in total. The third-order valence-corrected chi connectivity index (χ3v) is 0.300. The van der Waals surface area contributed by atoms with Crippen molar-refractivity contribution >= 4 is 26.1 Å². The first kappa shape index (κ1) is 9.18. The van der Waals surface area contributed by atoms with Crippen LogP contribution in [0.1, 0.15) is 0 Å². The van der Waals surface area contributed by atoms with Gasteiger partial charge in [0.25, 0.3) is 0 Å². The Balaban J connectivity index is 0. The summed E-state index contributed by atoms with van der Waals surface area (Å²) in [6.07, 6.45) is 0. The lowest BCUT2D eigenvalue weighted by Gasteiger charge is -1.69. The number of hydrogen-bond acceptors (Lipinski definition) is 3. The van der Waals surface area contributed by atoms with Gasteiger partial charge in [-0.25, -0.2) is 0 Å². The Labute approximate surface area is 44.2 Å². The second-order valence-electron chi connectivity index (χ2n) is 0.447. The van der Waals surface area contributed by atoms with E-state index in [1.54, 1.807) is 0 Å². The Morgan fingerprint density at radius 2 is 1.80 bits per heavy atom. The van der Waals surface area contributed by atoms with Crippen LogP contribution in [0.3, 0.4) is 0 Å². The van der Waals surface area contributed by atoms with E-state index in [0.717, 1.165) is 0 Å². The van der Waals surface area contributed by atoms with Crippen molar-refractivity contribution in [3.63, 3.8) is 0 Å². The first-order valence-corrected chi connectivity index (χ1v) is 1.76. The van der Waals surface area contributed by atoms with Gasteiger partial charge in [0.15, 0.2) is 0 Å². The standard InChI is InChI=1S/C2H6OS.H2S/c3-1-2-4;/h3-4H,1-2H2;1H2/p-1. The molecular formula is C2H7OS2-. The van der Waals surface area contributed by atoms with Crippen molar-refractivity contribution in [1.82, 2.24) is 0 Å². The average Bonchev–Trinajstić information content (AvgIpc) is 1.37. The van der Waals surface area contributed by atoms with Gasteiger partial charge in [0.05, 0.1) is 6.61 Å². The smallest absolute Gasteiger partial charge is 0.0519 e. The maximum absolute atomic E-state index is 7.80. The Bertz CT molecular complexity index is 9.61. The number of aliphatic hydroxyl groups is 1. The van der Waals surface area contributed by atoms with Crippen LogP contribution in [0.5, 0.6) is 0 Å². The van der Waals surface area contributed by atoms with Crippen molar-refractivity contribution in [3.8, 4) is 0 Å². The van der Waals surface area contributed by atoms with Crippen molar-refractivity contribution in [3.05, 3.63) is 0 Å². The molecular weight excluding hydrogens is 104 g/mol. The van der Waals surface area contributed by atoms with Crippen molar-refractivity contribution in [2.24, 2.45) is 0 Å². The number of aliphatic hydroxyl groups excluding tert-OH is 1. The van der Waals surface area contributed by atoms with Crippen LogP contribution in [0.15, 0.2) is 0 Å². The largest absolute Gasteiger partial charge is 0.813 e. The average molecular weight is 111 g/mol.